The minimum Gasteiger partial charge on any atom is -0.311 e. The van der Waals surface area contributed by atoms with Gasteiger partial charge in [-0.1, -0.05) is 103 Å². The SMILES string of the molecule is c1ccc(N2c3ccccc3B3c4c(-c5ccc(-c6ccccn6)cc5)cccc4N(c4ccccc4)c4cccc2c43)cc1. The van der Waals surface area contributed by atoms with Crippen molar-refractivity contribution in [3.8, 4) is 22.4 Å². The van der Waals surface area contributed by atoms with Crippen molar-refractivity contribution in [2.24, 2.45) is 0 Å². The van der Waals surface area contributed by atoms with Crippen LogP contribution in [-0.2, 0) is 0 Å². The maximum Gasteiger partial charge on any atom is 0.252 e. The molecule has 1 aromatic heterocycles. The van der Waals surface area contributed by atoms with E-state index in [9.17, 15) is 0 Å². The van der Waals surface area contributed by atoms with Crippen LogP contribution in [0.5, 0.6) is 0 Å². The number of para-hydroxylation sites is 3. The first-order valence-electron chi connectivity index (χ1n) is 15.4. The minimum atomic E-state index is 0.0639. The summed E-state index contributed by atoms with van der Waals surface area (Å²) < 4.78 is 0. The van der Waals surface area contributed by atoms with Crippen LogP contribution in [0.2, 0.25) is 0 Å². The quantitative estimate of drug-likeness (QED) is 0.197. The molecular weight excluding hydrogens is 545 g/mol. The van der Waals surface area contributed by atoms with Crippen LogP contribution in [0.1, 0.15) is 0 Å². The van der Waals surface area contributed by atoms with Gasteiger partial charge < -0.3 is 9.80 Å². The summed E-state index contributed by atoms with van der Waals surface area (Å²) in [5.74, 6) is 0. The zero-order valence-electron chi connectivity index (χ0n) is 24.6. The Bertz CT molecular complexity index is 2150. The van der Waals surface area contributed by atoms with Crippen molar-refractivity contribution >= 4 is 57.2 Å². The fourth-order valence-corrected chi connectivity index (χ4v) is 7.24. The average molecular weight is 574 g/mol. The van der Waals surface area contributed by atoms with Crippen LogP contribution in [0, 0.1) is 0 Å². The van der Waals surface area contributed by atoms with Crippen LogP contribution in [-0.4, -0.2) is 11.7 Å². The van der Waals surface area contributed by atoms with Crippen molar-refractivity contribution < 1.29 is 0 Å². The van der Waals surface area contributed by atoms with E-state index in [2.05, 4.69) is 166 Å². The van der Waals surface area contributed by atoms with E-state index >= 15 is 0 Å². The van der Waals surface area contributed by atoms with E-state index in [0.717, 1.165) is 22.6 Å². The Labute approximate surface area is 263 Å². The van der Waals surface area contributed by atoms with E-state index in [1.54, 1.807) is 0 Å². The largest absolute Gasteiger partial charge is 0.311 e. The molecule has 0 fully saturated rings. The highest BCUT2D eigenvalue weighted by Crippen LogP contribution is 2.44. The van der Waals surface area contributed by atoms with Crippen molar-refractivity contribution in [3.05, 3.63) is 170 Å². The number of benzene rings is 6. The Hall–Kier alpha value is -5.87. The number of rotatable bonds is 4. The van der Waals surface area contributed by atoms with Crippen LogP contribution < -0.4 is 26.2 Å². The topological polar surface area (TPSA) is 19.4 Å². The molecule has 0 saturated carbocycles. The van der Waals surface area contributed by atoms with Crippen molar-refractivity contribution in [3.63, 3.8) is 0 Å². The second-order valence-corrected chi connectivity index (χ2v) is 11.6. The van der Waals surface area contributed by atoms with Crippen molar-refractivity contribution in [2.75, 3.05) is 9.80 Å². The summed E-state index contributed by atoms with van der Waals surface area (Å²) in [7, 11) is 0. The Morgan fingerprint density at radius 2 is 0.933 bits per heavy atom. The molecule has 45 heavy (non-hydrogen) atoms. The second-order valence-electron chi connectivity index (χ2n) is 11.6. The summed E-state index contributed by atoms with van der Waals surface area (Å²) in [4.78, 5) is 9.46. The first-order valence-corrected chi connectivity index (χ1v) is 15.4. The van der Waals surface area contributed by atoms with Gasteiger partial charge in [-0.3, -0.25) is 4.98 Å². The summed E-state index contributed by atoms with van der Waals surface area (Å²) in [6, 6.07) is 58.9. The first-order chi connectivity index (χ1) is 22.4. The van der Waals surface area contributed by atoms with Gasteiger partial charge in [-0.2, -0.15) is 0 Å². The van der Waals surface area contributed by atoms with E-state index in [-0.39, 0.29) is 6.71 Å². The summed E-state index contributed by atoms with van der Waals surface area (Å²) in [6.07, 6.45) is 1.85. The number of anilines is 6. The number of nitrogens with zero attached hydrogens (tertiary/aromatic N) is 3. The van der Waals surface area contributed by atoms with Gasteiger partial charge in [-0.15, -0.1) is 0 Å². The van der Waals surface area contributed by atoms with Gasteiger partial charge in [0.15, 0.2) is 0 Å². The molecular formula is C41H28BN3. The maximum atomic E-state index is 4.58. The third kappa shape index (κ3) is 4.03. The molecule has 6 aromatic carbocycles. The van der Waals surface area contributed by atoms with Gasteiger partial charge in [0.25, 0.3) is 6.71 Å². The van der Waals surface area contributed by atoms with Crippen molar-refractivity contribution in [2.45, 2.75) is 0 Å². The van der Waals surface area contributed by atoms with Gasteiger partial charge in [0.05, 0.1) is 5.69 Å². The van der Waals surface area contributed by atoms with Crippen molar-refractivity contribution in [1.29, 1.82) is 0 Å². The molecule has 0 bridgehead atoms. The third-order valence-corrected chi connectivity index (χ3v) is 9.12. The Morgan fingerprint density at radius 3 is 1.60 bits per heavy atom. The molecule has 4 heteroatoms. The molecule has 3 heterocycles. The highest BCUT2D eigenvalue weighted by molar-refractivity contribution is 7.01. The second kappa shape index (κ2) is 10.4. The zero-order valence-corrected chi connectivity index (χ0v) is 24.6. The summed E-state index contributed by atoms with van der Waals surface area (Å²) in [5, 5.41) is 0. The molecule has 0 atom stereocenters. The summed E-state index contributed by atoms with van der Waals surface area (Å²) in [6.45, 7) is 0.0639. The molecule has 0 spiro atoms. The van der Waals surface area contributed by atoms with Crippen LogP contribution >= 0.6 is 0 Å². The van der Waals surface area contributed by atoms with Gasteiger partial charge >= 0.3 is 0 Å². The number of fused-ring (bicyclic) bond motifs is 4. The third-order valence-electron chi connectivity index (χ3n) is 9.12. The molecule has 0 unspecified atom stereocenters. The van der Waals surface area contributed by atoms with Gasteiger partial charge in [-0.05, 0) is 88.2 Å². The number of hydrogen-bond acceptors (Lipinski definition) is 3. The molecule has 0 N–H and O–H groups in total. The monoisotopic (exact) mass is 573 g/mol. The maximum absolute atomic E-state index is 4.58. The highest BCUT2D eigenvalue weighted by atomic mass is 15.2. The number of aromatic nitrogens is 1. The predicted molar refractivity (Wildman–Crippen MR) is 189 cm³/mol. The Kier molecular flexibility index (Phi) is 5.92. The molecule has 2 aliphatic rings. The van der Waals surface area contributed by atoms with Crippen LogP contribution in [0.15, 0.2) is 170 Å². The lowest BCUT2D eigenvalue weighted by Gasteiger charge is -2.44. The van der Waals surface area contributed by atoms with Gasteiger partial charge in [0.2, 0.25) is 0 Å². The molecule has 0 amide bonds. The van der Waals surface area contributed by atoms with Crippen molar-refractivity contribution in [1.82, 2.24) is 4.98 Å². The van der Waals surface area contributed by atoms with E-state index in [1.165, 1.54) is 50.3 Å². The van der Waals surface area contributed by atoms with E-state index in [1.807, 2.05) is 18.3 Å². The molecule has 7 aromatic rings. The Balaban J connectivity index is 1.32. The lowest BCUT2D eigenvalue weighted by atomic mass is 9.32. The van der Waals surface area contributed by atoms with Gasteiger partial charge in [0.1, 0.15) is 0 Å². The van der Waals surface area contributed by atoms with E-state index in [0.29, 0.717) is 0 Å². The van der Waals surface area contributed by atoms with Gasteiger partial charge in [0, 0.05) is 45.9 Å². The molecule has 0 saturated heterocycles. The normalized spacial score (nSPS) is 12.8. The van der Waals surface area contributed by atoms with Crippen LogP contribution in [0.3, 0.4) is 0 Å². The fourth-order valence-electron chi connectivity index (χ4n) is 7.24. The van der Waals surface area contributed by atoms with Crippen LogP contribution in [0.4, 0.5) is 34.1 Å². The molecule has 2 aliphatic heterocycles. The lowest BCUT2D eigenvalue weighted by molar-refractivity contribution is 1.25. The van der Waals surface area contributed by atoms with Crippen LogP contribution in [0.25, 0.3) is 22.4 Å². The van der Waals surface area contributed by atoms with E-state index in [4.69, 9.17) is 0 Å². The zero-order chi connectivity index (χ0) is 29.7. The smallest absolute Gasteiger partial charge is 0.252 e. The first kappa shape index (κ1) is 25.6. The number of hydrogen-bond donors (Lipinski definition) is 0. The molecule has 0 radical (unpaired) electrons. The molecule has 210 valence electrons. The molecule has 3 nitrogen and oxygen atoms in total. The Morgan fingerprint density at radius 1 is 0.400 bits per heavy atom. The standard InChI is InChI=1S/C41H28BN3/c1-3-13-31(14-4-1)44-36-20-8-7-18-34(36)42-40-33(29-24-26-30(27-25-29)35-19-9-10-28-43-35)17-11-21-37(40)45(32-15-5-2-6-16-32)39-23-12-22-38(44)41(39)42/h1-28H. The fraction of sp³-hybridized carbons (Fsp3) is 0. The minimum absolute atomic E-state index is 0.0639. The predicted octanol–water partition coefficient (Wildman–Crippen LogP) is 8.50. The summed E-state index contributed by atoms with van der Waals surface area (Å²) >= 11 is 0. The van der Waals surface area contributed by atoms with E-state index < -0.39 is 0 Å². The molecule has 9 rings (SSSR count). The highest BCUT2D eigenvalue weighted by Gasteiger charge is 2.44. The lowest BCUT2D eigenvalue weighted by Crippen LogP contribution is -2.61. The summed E-state index contributed by atoms with van der Waals surface area (Å²) in [5.41, 5.74) is 15.7. The molecule has 0 aliphatic carbocycles. The average Bonchev–Trinajstić information content (AvgIpc) is 3.12. The number of pyridine rings is 1. The van der Waals surface area contributed by atoms with Gasteiger partial charge in [-0.25, -0.2) is 0 Å².